The second kappa shape index (κ2) is 10.4. The lowest BCUT2D eigenvalue weighted by Gasteiger charge is -2.31. The van der Waals surface area contributed by atoms with Crippen LogP contribution in [0.15, 0.2) is 34.3 Å². The molecule has 2 aromatic rings. The van der Waals surface area contributed by atoms with E-state index in [1.165, 1.54) is 36.0 Å². The van der Waals surface area contributed by atoms with Gasteiger partial charge in [0.25, 0.3) is 0 Å². The van der Waals surface area contributed by atoms with Gasteiger partial charge in [0, 0.05) is 25.4 Å². The summed E-state index contributed by atoms with van der Waals surface area (Å²) in [4.78, 5) is 14.8. The lowest BCUT2D eigenvalue weighted by molar-refractivity contribution is -0.113. The van der Waals surface area contributed by atoms with Crippen LogP contribution in [0, 0.1) is 5.92 Å². The predicted octanol–water partition coefficient (Wildman–Crippen LogP) is 2.07. The van der Waals surface area contributed by atoms with Crippen molar-refractivity contribution in [1.29, 1.82) is 0 Å². The molecule has 0 saturated carbocycles. The molecule has 1 atom stereocenters. The van der Waals surface area contributed by atoms with Crippen LogP contribution in [0.5, 0.6) is 0 Å². The van der Waals surface area contributed by atoms with Gasteiger partial charge in [-0.25, -0.2) is 13.6 Å². The number of rotatable bonds is 8. The number of ether oxygens (including phenoxy) is 1. The highest BCUT2D eigenvalue weighted by atomic mass is 32.2. The van der Waals surface area contributed by atoms with Crippen molar-refractivity contribution in [2.75, 3.05) is 35.7 Å². The number of hydrogen-bond acceptors (Lipinski definition) is 8. The fraction of sp³-hybridized carbons (Fsp3) is 0.571. The SMILES string of the molecule is CC1CCN(c2nnc(SCC(=O)Nc3ccc(S(N)(=O)=O)cc3)n2CC2CCCO2)CC1. The summed E-state index contributed by atoms with van der Waals surface area (Å²) in [6.45, 7) is 5.62. The molecule has 1 unspecified atom stereocenters. The van der Waals surface area contributed by atoms with E-state index in [-0.39, 0.29) is 22.7 Å². The average molecular weight is 495 g/mol. The van der Waals surface area contributed by atoms with Crippen LogP contribution >= 0.6 is 11.8 Å². The van der Waals surface area contributed by atoms with Crippen molar-refractivity contribution < 1.29 is 17.9 Å². The van der Waals surface area contributed by atoms with Crippen molar-refractivity contribution in [3.05, 3.63) is 24.3 Å². The van der Waals surface area contributed by atoms with E-state index < -0.39 is 10.0 Å². The molecule has 180 valence electrons. The number of thioether (sulfide) groups is 1. The highest BCUT2D eigenvalue weighted by molar-refractivity contribution is 7.99. The monoisotopic (exact) mass is 494 g/mol. The van der Waals surface area contributed by atoms with E-state index in [4.69, 9.17) is 9.88 Å². The van der Waals surface area contributed by atoms with Crippen molar-refractivity contribution in [2.45, 2.75) is 55.3 Å². The number of primary sulfonamides is 1. The standard InChI is InChI=1S/C21H30N6O4S2/c1-15-8-10-26(11-9-15)20-24-25-21(27(20)13-17-3-2-12-31-17)32-14-19(28)23-16-4-6-18(7-5-16)33(22,29)30/h4-7,15,17H,2-3,8-14H2,1H3,(H,23,28)(H2,22,29,30). The largest absolute Gasteiger partial charge is 0.376 e. The molecule has 10 nitrogen and oxygen atoms in total. The van der Waals surface area contributed by atoms with Crippen molar-refractivity contribution in [3.63, 3.8) is 0 Å². The van der Waals surface area contributed by atoms with Crippen molar-refractivity contribution in [1.82, 2.24) is 14.8 Å². The summed E-state index contributed by atoms with van der Waals surface area (Å²) in [6, 6.07) is 5.75. The highest BCUT2D eigenvalue weighted by Gasteiger charge is 2.26. The summed E-state index contributed by atoms with van der Waals surface area (Å²) in [5, 5.41) is 17.4. The number of nitrogens with two attached hydrogens (primary N) is 1. The van der Waals surface area contributed by atoms with Crippen LogP contribution in [0.2, 0.25) is 0 Å². The van der Waals surface area contributed by atoms with Gasteiger partial charge in [0.15, 0.2) is 5.16 Å². The van der Waals surface area contributed by atoms with Crippen LogP contribution in [-0.2, 0) is 26.1 Å². The Labute approximate surface area is 198 Å². The lowest BCUT2D eigenvalue weighted by atomic mass is 10.00. The van der Waals surface area contributed by atoms with Gasteiger partial charge >= 0.3 is 0 Å². The minimum Gasteiger partial charge on any atom is -0.376 e. The number of aromatic nitrogens is 3. The molecule has 12 heteroatoms. The molecule has 1 aromatic heterocycles. The van der Waals surface area contributed by atoms with Gasteiger partial charge < -0.3 is 15.0 Å². The Balaban J connectivity index is 1.41. The third kappa shape index (κ3) is 6.25. The van der Waals surface area contributed by atoms with E-state index in [9.17, 15) is 13.2 Å². The number of hydrogen-bond donors (Lipinski definition) is 2. The number of benzene rings is 1. The third-order valence-corrected chi connectivity index (χ3v) is 7.87. The van der Waals surface area contributed by atoms with Crippen molar-refractivity contribution >= 4 is 39.3 Å². The second-order valence-corrected chi connectivity index (χ2v) is 11.1. The van der Waals surface area contributed by atoms with E-state index in [0.717, 1.165) is 51.3 Å². The van der Waals surface area contributed by atoms with Gasteiger partial charge in [-0.05, 0) is 55.9 Å². The first-order valence-corrected chi connectivity index (χ1v) is 13.7. The van der Waals surface area contributed by atoms with E-state index in [2.05, 4.69) is 31.9 Å². The van der Waals surface area contributed by atoms with E-state index in [0.29, 0.717) is 23.3 Å². The second-order valence-electron chi connectivity index (χ2n) is 8.60. The number of sulfonamides is 1. The zero-order valence-electron chi connectivity index (χ0n) is 18.6. The first-order chi connectivity index (χ1) is 15.8. The Bertz CT molecular complexity index is 1060. The van der Waals surface area contributed by atoms with E-state index in [1.54, 1.807) is 0 Å². The molecule has 4 rings (SSSR count). The molecule has 3 N–H and O–H groups in total. The van der Waals surface area contributed by atoms with Crippen LogP contribution in [0.1, 0.15) is 32.6 Å². The maximum atomic E-state index is 12.5. The minimum atomic E-state index is -3.77. The minimum absolute atomic E-state index is 0.00302. The summed E-state index contributed by atoms with van der Waals surface area (Å²) in [5.41, 5.74) is 0.497. The summed E-state index contributed by atoms with van der Waals surface area (Å²) >= 11 is 1.33. The molecule has 2 aliphatic rings. The van der Waals surface area contributed by atoms with Gasteiger partial charge in [0.05, 0.1) is 23.3 Å². The zero-order chi connectivity index (χ0) is 23.4. The molecular formula is C21H30N6O4S2. The van der Waals surface area contributed by atoms with Crippen LogP contribution < -0.4 is 15.4 Å². The molecule has 1 amide bonds. The van der Waals surface area contributed by atoms with Crippen LogP contribution in [0.3, 0.4) is 0 Å². The highest BCUT2D eigenvalue weighted by Crippen LogP contribution is 2.28. The van der Waals surface area contributed by atoms with Gasteiger partial charge in [-0.3, -0.25) is 9.36 Å². The lowest BCUT2D eigenvalue weighted by Crippen LogP contribution is -2.35. The quantitative estimate of drug-likeness (QED) is 0.533. The molecule has 1 aromatic carbocycles. The Morgan fingerprint density at radius 2 is 1.94 bits per heavy atom. The Kier molecular flexibility index (Phi) is 7.57. The number of anilines is 2. The molecule has 33 heavy (non-hydrogen) atoms. The average Bonchev–Trinajstić information content (AvgIpc) is 3.43. The Hall–Kier alpha value is -2.15. The fourth-order valence-corrected chi connectivity index (χ4v) is 5.30. The van der Waals surface area contributed by atoms with E-state index in [1.807, 2.05) is 0 Å². The summed E-state index contributed by atoms with van der Waals surface area (Å²) in [6.07, 6.45) is 4.45. The molecule has 0 bridgehead atoms. The Morgan fingerprint density at radius 3 is 2.58 bits per heavy atom. The molecule has 2 saturated heterocycles. The van der Waals surface area contributed by atoms with Crippen LogP contribution in [-0.4, -0.2) is 60.6 Å². The number of nitrogens with zero attached hydrogens (tertiary/aromatic N) is 4. The van der Waals surface area contributed by atoms with Gasteiger partial charge in [-0.15, -0.1) is 10.2 Å². The first kappa shape index (κ1) is 24.0. The fourth-order valence-electron chi connectivity index (χ4n) is 4.04. The van der Waals surface area contributed by atoms with E-state index >= 15 is 0 Å². The zero-order valence-corrected chi connectivity index (χ0v) is 20.3. The van der Waals surface area contributed by atoms with Crippen molar-refractivity contribution in [3.8, 4) is 0 Å². The molecule has 0 spiro atoms. The number of carbonyl (C=O) groups excluding carboxylic acids is 1. The van der Waals surface area contributed by atoms with Gasteiger partial charge in [-0.1, -0.05) is 18.7 Å². The maximum absolute atomic E-state index is 12.5. The van der Waals surface area contributed by atoms with Gasteiger partial charge in [0.1, 0.15) is 0 Å². The summed E-state index contributed by atoms with van der Waals surface area (Å²) in [5.74, 6) is 1.49. The maximum Gasteiger partial charge on any atom is 0.238 e. The Morgan fingerprint density at radius 1 is 1.21 bits per heavy atom. The van der Waals surface area contributed by atoms with Gasteiger partial charge in [-0.2, -0.15) is 0 Å². The molecule has 2 aliphatic heterocycles. The molecule has 3 heterocycles. The van der Waals surface area contributed by atoms with Crippen LogP contribution in [0.4, 0.5) is 11.6 Å². The van der Waals surface area contributed by atoms with Crippen molar-refractivity contribution in [2.24, 2.45) is 11.1 Å². The summed E-state index contributed by atoms with van der Waals surface area (Å²) in [7, 11) is -3.77. The molecule has 0 radical (unpaired) electrons. The number of nitrogens with one attached hydrogen (secondary N) is 1. The van der Waals surface area contributed by atoms with Crippen LogP contribution in [0.25, 0.3) is 0 Å². The number of carbonyl (C=O) groups is 1. The topological polar surface area (TPSA) is 132 Å². The van der Waals surface area contributed by atoms with Gasteiger partial charge in [0.2, 0.25) is 21.9 Å². The molecular weight excluding hydrogens is 464 g/mol. The first-order valence-electron chi connectivity index (χ1n) is 11.1. The summed E-state index contributed by atoms with van der Waals surface area (Å²) < 4.78 is 30.7. The normalized spacial score (nSPS) is 19.7. The smallest absolute Gasteiger partial charge is 0.238 e. The predicted molar refractivity (Wildman–Crippen MR) is 127 cm³/mol. The molecule has 2 fully saturated rings. The third-order valence-electron chi connectivity index (χ3n) is 5.97. The number of amides is 1. The number of piperidine rings is 1. The molecule has 0 aliphatic carbocycles.